The fourth-order valence-corrected chi connectivity index (χ4v) is 3.44. The van der Waals surface area contributed by atoms with Crippen molar-refractivity contribution in [3.63, 3.8) is 0 Å². The van der Waals surface area contributed by atoms with Crippen LogP contribution in [0.15, 0.2) is 24.3 Å². The molecule has 3 amide bonds. The van der Waals surface area contributed by atoms with Gasteiger partial charge in [0.15, 0.2) is 0 Å². The molecule has 0 radical (unpaired) electrons. The van der Waals surface area contributed by atoms with Gasteiger partial charge in [0.05, 0.1) is 6.61 Å². The molecule has 1 aromatic rings. The molecule has 148 valence electrons. The average Bonchev–Trinajstić information content (AvgIpc) is 3.13. The van der Waals surface area contributed by atoms with Crippen LogP contribution < -0.4 is 15.4 Å². The van der Waals surface area contributed by atoms with Crippen molar-refractivity contribution in [1.82, 2.24) is 15.5 Å². The molecule has 2 aliphatic heterocycles. The third kappa shape index (κ3) is 5.05. The van der Waals surface area contributed by atoms with E-state index >= 15 is 0 Å². The number of likely N-dealkylation sites (tertiary alicyclic amines) is 1. The lowest BCUT2D eigenvalue weighted by Gasteiger charge is -2.28. The highest BCUT2D eigenvalue weighted by atomic mass is 19.4. The largest absolute Gasteiger partial charge is 0.493 e. The minimum atomic E-state index is -4.47. The summed E-state index contributed by atoms with van der Waals surface area (Å²) in [5, 5.41) is 4.65. The Morgan fingerprint density at radius 2 is 2.00 bits per heavy atom. The summed E-state index contributed by atoms with van der Waals surface area (Å²) in [6.45, 7) is -0.191. The van der Waals surface area contributed by atoms with Gasteiger partial charge in [-0.3, -0.25) is 4.79 Å². The van der Waals surface area contributed by atoms with Gasteiger partial charge in [-0.15, -0.1) is 0 Å². The first-order valence-electron chi connectivity index (χ1n) is 8.93. The lowest BCUT2D eigenvalue weighted by atomic mass is 9.97. The van der Waals surface area contributed by atoms with E-state index in [1.807, 2.05) is 29.6 Å². The third-order valence-corrected chi connectivity index (χ3v) is 4.78. The first-order valence-corrected chi connectivity index (χ1v) is 8.93. The topological polar surface area (TPSA) is 70.7 Å². The highest BCUT2D eigenvalue weighted by molar-refractivity contribution is 5.87. The number of fused-ring (bicyclic) bond motifs is 1. The van der Waals surface area contributed by atoms with Crippen LogP contribution in [0.4, 0.5) is 18.0 Å². The van der Waals surface area contributed by atoms with Gasteiger partial charge in [-0.2, -0.15) is 13.2 Å². The summed E-state index contributed by atoms with van der Waals surface area (Å²) in [6, 6.07) is 6.41. The van der Waals surface area contributed by atoms with E-state index < -0.39 is 30.7 Å². The van der Waals surface area contributed by atoms with Gasteiger partial charge in [-0.1, -0.05) is 18.2 Å². The number of alkyl halides is 3. The Kier molecular flexibility index (Phi) is 5.76. The first-order chi connectivity index (χ1) is 12.8. The van der Waals surface area contributed by atoms with Crippen LogP contribution in [0, 0.1) is 5.92 Å². The molecule has 0 saturated carbocycles. The highest BCUT2D eigenvalue weighted by Gasteiger charge is 2.36. The van der Waals surface area contributed by atoms with E-state index in [2.05, 4.69) is 5.32 Å². The second-order valence-corrected chi connectivity index (χ2v) is 6.86. The van der Waals surface area contributed by atoms with Crippen LogP contribution in [0.25, 0.3) is 0 Å². The molecule has 0 bridgehead atoms. The van der Waals surface area contributed by atoms with Crippen LogP contribution >= 0.6 is 0 Å². The SMILES string of the molecule is O=C(NCC(F)(F)F)[C@H]1CCCN1C(=O)NC[C@@H]1COc2ccccc2C1. The molecular weight excluding hydrogens is 363 g/mol. The quantitative estimate of drug-likeness (QED) is 0.834. The minimum Gasteiger partial charge on any atom is -0.493 e. The zero-order valence-corrected chi connectivity index (χ0v) is 14.7. The van der Waals surface area contributed by atoms with Gasteiger partial charge in [0.2, 0.25) is 5.91 Å². The third-order valence-electron chi connectivity index (χ3n) is 4.78. The van der Waals surface area contributed by atoms with E-state index in [1.165, 1.54) is 4.90 Å². The summed E-state index contributed by atoms with van der Waals surface area (Å²) in [6.07, 6.45) is -2.76. The molecule has 9 heteroatoms. The second kappa shape index (κ2) is 8.06. The zero-order chi connectivity index (χ0) is 19.4. The lowest BCUT2D eigenvalue weighted by Crippen LogP contribution is -2.51. The van der Waals surface area contributed by atoms with Crippen molar-refractivity contribution in [2.45, 2.75) is 31.5 Å². The Morgan fingerprint density at radius 1 is 1.22 bits per heavy atom. The van der Waals surface area contributed by atoms with Gasteiger partial charge >= 0.3 is 12.2 Å². The molecule has 0 spiro atoms. The molecule has 1 aromatic carbocycles. The van der Waals surface area contributed by atoms with Gasteiger partial charge in [0.25, 0.3) is 0 Å². The fourth-order valence-electron chi connectivity index (χ4n) is 3.44. The summed E-state index contributed by atoms with van der Waals surface area (Å²) in [7, 11) is 0. The van der Waals surface area contributed by atoms with Crippen molar-refractivity contribution in [3.8, 4) is 5.75 Å². The number of carbonyl (C=O) groups excluding carboxylic acids is 2. The highest BCUT2D eigenvalue weighted by Crippen LogP contribution is 2.26. The average molecular weight is 385 g/mol. The van der Waals surface area contributed by atoms with E-state index in [-0.39, 0.29) is 5.92 Å². The summed E-state index contributed by atoms with van der Waals surface area (Å²) in [5.41, 5.74) is 1.08. The molecule has 1 saturated heterocycles. The van der Waals surface area contributed by atoms with Crippen molar-refractivity contribution in [3.05, 3.63) is 29.8 Å². The summed E-state index contributed by atoms with van der Waals surface area (Å²) in [5.74, 6) is 0.180. The number of rotatable bonds is 4. The number of para-hydroxylation sites is 1. The van der Waals surface area contributed by atoms with Crippen molar-refractivity contribution in [1.29, 1.82) is 0 Å². The number of carbonyl (C=O) groups is 2. The molecular formula is C18H22F3N3O3. The predicted octanol–water partition coefficient (Wildman–Crippen LogP) is 2.09. The molecule has 0 aromatic heterocycles. The summed E-state index contributed by atoms with van der Waals surface area (Å²) < 4.78 is 42.5. The minimum absolute atomic E-state index is 0.101. The van der Waals surface area contributed by atoms with Crippen molar-refractivity contribution in [2.24, 2.45) is 5.92 Å². The number of amides is 3. The Labute approximate surface area is 155 Å². The molecule has 0 unspecified atom stereocenters. The molecule has 2 N–H and O–H groups in total. The number of ether oxygens (including phenoxy) is 1. The number of nitrogens with one attached hydrogen (secondary N) is 2. The monoisotopic (exact) mass is 385 g/mol. The van der Waals surface area contributed by atoms with E-state index in [1.54, 1.807) is 0 Å². The molecule has 6 nitrogen and oxygen atoms in total. The molecule has 2 aliphatic rings. The molecule has 1 fully saturated rings. The Bertz CT molecular complexity index is 696. The summed E-state index contributed by atoms with van der Waals surface area (Å²) >= 11 is 0. The van der Waals surface area contributed by atoms with E-state index in [0.717, 1.165) is 17.7 Å². The summed E-state index contributed by atoms with van der Waals surface area (Å²) in [4.78, 5) is 25.7. The van der Waals surface area contributed by atoms with E-state index in [9.17, 15) is 22.8 Å². The fraction of sp³-hybridized carbons (Fsp3) is 0.556. The molecule has 2 heterocycles. The Balaban J connectivity index is 1.49. The van der Waals surface area contributed by atoms with Gasteiger partial charge in [0.1, 0.15) is 18.3 Å². The van der Waals surface area contributed by atoms with E-state index in [0.29, 0.717) is 32.5 Å². The standard InChI is InChI=1S/C18H22F3N3O3/c19-18(20,21)11-23-16(25)14-5-3-7-24(14)17(26)22-9-12-8-13-4-1-2-6-15(13)27-10-12/h1-2,4,6,12,14H,3,5,7-11H2,(H,22,26)(H,23,25)/t12-,14-/m1/s1. The number of urea groups is 1. The van der Waals surface area contributed by atoms with Gasteiger partial charge in [-0.25, -0.2) is 4.79 Å². The molecule has 3 rings (SSSR count). The molecule has 27 heavy (non-hydrogen) atoms. The lowest BCUT2D eigenvalue weighted by molar-refractivity contribution is -0.140. The second-order valence-electron chi connectivity index (χ2n) is 6.86. The van der Waals surface area contributed by atoms with Crippen LogP contribution in [0.1, 0.15) is 18.4 Å². The number of benzene rings is 1. The maximum absolute atomic E-state index is 12.4. The van der Waals surface area contributed by atoms with Crippen LogP contribution in [-0.4, -0.2) is 55.3 Å². The van der Waals surface area contributed by atoms with Gasteiger partial charge in [-0.05, 0) is 30.9 Å². The zero-order valence-electron chi connectivity index (χ0n) is 14.7. The van der Waals surface area contributed by atoms with Crippen LogP contribution in [-0.2, 0) is 11.2 Å². The van der Waals surface area contributed by atoms with Gasteiger partial charge < -0.3 is 20.3 Å². The van der Waals surface area contributed by atoms with Crippen LogP contribution in [0.5, 0.6) is 5.75 Å². The number of nitrogens with zero attached hydrogens (tertiary/aromatic N) is 1. The Morgan fingerprint density at radius 3 is 2.78 bits per heavy atom. The number of halogens is 3. The Hall–Kier alpha value is -2.45. The maximum atomic E-state index is 12.4. The first kappa shape index (κ1) is 19.3. The van der Waals surface area contributed by atoms with Crippen molar-refractivity contribution >= 4 is 11.9 Å². The smallest absolute Gasteiger partial charge is 0.405 e. The van der Waals surface area contributed by atoms with Gasteiger partial charge in [0, 0.05) is 19.0 Å². The molecule has 2 atom stereocenters. The van der Waals surface area contributed by atoms with Crippen LogP contribution in [0.3, 0.4) is 0 Å². The predicted molar refractivity (Wildman–Crippen MR) is 91.3 cm³/mol. The normalized spacial score (nSPS) is 22.0. The van der Waals surface area contributed by atoms with Crippen molar-refractivity contribution in [2.75, 3.05) is 26.2 Å². The number of hydrogen-bond acceptors (Lipinski definition) is 3. The maximum Gasteiger partial charge on any atom is 0.405 e. The molecule has 0 aliphatic carbocycles. The van der Waals surface area contributed by atoms with E-state index in [4.69, 9.17) is 4.74 Å². The van der Waals surface area contributed by atoms with Crippen molar-refractivity contribution < 1.29 is 27.5 Å². The number of hydrogen-bond donors (Lipinski definition) is 2. The van der Waals surface area contributed by atoms with Crippen LogP contribution in [0.2, 0.25) is 0 Å².